The molecule has 1 aliphatic heterocycles. The maximum atomic E-state index is 12.0. The lowest BCUT2D eigenvalue weighted by Crippen LogP contribution is -2.44. The fourth-order valence-electron chi connectivity index (χ4n) is 3.28. The minimum atomic E-state index is -0.0583. The van der Waals surface area contributed by atoms with Crippen molar-refractivity contribution in [2.24, 2.45) is 5.92 Å². The van der Waals surface area contributed by atoms with Crippen LogP contribution in [0.4, 0.5) is 17.1 Å². The van der Waals surface area contributed by atoms with Crippen LogP contribution in [-0.2, 0) is 4.79 Å². The van der Waals surface area contributed by atoms with Gasteiger partial charge in [0, 0.05) is 23.7 Å². The van der Waals surface area contributed by atoms with E-state index in [9.17, 15) is 4.79 Å². The molecule has 3 N–H and O–H groups in total. The number of benzene rings is 1. The van der Waals surface area contributed by atoms with Crippen LogP contribution in [0.3, 0.4) is 0 Å². The Labute approximate surface area is 134 Å². The van der Waals surface area contributed by atoms with Gasteiger partial charge >= 0.3 is 0 Å². The fourth-order valence-corrected chi connectivity index (χ4v) is 3.28. The second kappa shape index (κ2) is 6.59. The van der Waals surface area contributed by atoms with Gasteiger partial charge in [0.1, 0.15) is 0 Å². The standard InChI is InChI=1S/C18H29N3O/c1-11(2)18(22)20-16-10-17(12(3)9-15(16)19)21-13(4)7-6-8-14(21)5/h9-11,13-14H,6-8,19H2,1-5H3,(H,20,22). The highest BCUT2D eigenvalue weighted by Gasteiger charge is 2.26. The number of rotatable bonds is 3. The van der Waals surface area contributed by atoms with E-state index < -0.39 is 0 Å². The molecule has 0 aliphatic carbocycles. The van der Waals surface area contributed by atoms with Gasteiger partial charge in [0.25, 0.3) is 0 Å². The third kappa shape index (κ3) is 3.37. The van der Waals surface area contributed by atoms with Crippen LogP contribution in [0.2, 0.25) is 0 Å². The Bertz CT molecular complexity index is 544. The van der Waals surface area contributed by atoms with E-state index in [2.05, 4.69) is 31.0 Å². The van der Waals surface area contributed by atoms with E-state index >= 15 is 0 Å². The van der Waals surface area contributed by atoms with E-state index in [-0.39, 0.29) is 11.8 Å². The summed E-state index contributed by atoms with van der Waals surface area (Å²) in [6.07, 6.45) is 3.70. The molecule has 22 heavy (non-hydrogen) atoms. The number of hydrogen-bond donors (Lipinski definition) is 2. The van der Waals surface area contributed by atoms with Crippen LogP contribution in [0, 0.1) is 12.8 Å². The first-order valence-electron chi connectivity index (χ1n) is 8.30. The third-order valence-corrected chi connectivity index (χ3v) is 4.62. The average Bonchev–Trinajstić information content (AvgIpc) is 2.43. The summed E-state index contributed by atoms with van der Waals surface area (Å²) >= 11 is 0. The molecule has 0 radical (unpaired) electrons. The number of anilines is 3. The number of carbonyl (C=O) groups is 1. The zero-order valence-corrected chi connectivity index (χ0v) is 14.4. The van der Waals surface area contributed by atoms with Crippen LogP contribution < -0.4 is 16.0 Å². The molecule has 2 unspecified atom stereocenters. The van der Waals surface area contributed by atoms with Gasteiger partial charge in [-0.15, -0.1) is 0 Å². The Balaban J connectivity index is 2.37. The van der Waals surface area contributed by atoms with Gasteiger partial charge in [-0.3, -0.25) is 4.79 Å². The van der Waals surface area contributed by atoms with Crippen molar-refractivity contribution in [3.63, 3.8) is 0 Å². The zero-order valence-electron chi connectivity index (χ0n) is 14.4. The molecule has 0 saturated carbocycles. The minimum Gasteiger partial charge on any atom is -0.397 e. The van der Waals surface area contributed by atoms with Crippen molar-refractivity contribution < 1.29 is 4.79 Å². The van der Waals surface area contributed by atoms with Gasteiger partial charge in [-0.1, -0.05) is 13.8 Å². The molecular weight excluding hydrogens is 274 g/mol. The molecule has 1 aromatic carbocycles. The molecule has 1 aromatic rings. The smallest absolute Gasteiger partial charge is 0.226 e. The van der Waals surface area contributed by atoms with Crippen molar-refractivity contribution in [3.8, 4) is 0 Å². The van der Waals surface area contributed by atoms with Crippen LogP contribution in [-0.4, -0.2) is 18.0 Å². The summed E-state index contributed by atoms with van der Waals surface area (Å²) < 4.78 is 0. The van der Waals surface area contributed by atoms with E-state index in [1.807, 2.05) is 26.0 Å². The maximum Gasteiger partial charge on any atom is 0.226 e. The molecule has 0 bridgehead atoms. The topological polar surface area (TPSA) is 58.4 Å². The predicted octanol–water partition coefficient (Wildman–Crippen LogP) is 3.94. The first-order valence-corrected chi connectivity index (χ1v) is 8.30. The van der Waals surface area contributed by atoms with Gasteiger partial charge in [0.15, 0.2) is 0 Å². The number of amides is 1. The Morgan fingerprint density at radius 2 is 1.86 bits per heavy atom. The number of nitrogens with two attached hydrogens (primary N) is 1. The Kier molecular flexibility index (Phi) is 4.99. The summed E-state index contributed by atoms with van der Waals surface area (Å²) in [4.78, 5) is 14.5. The van der Waals surface area contributed by atoms with Gasteiger partial charge in [0.2, 0.25) is 5.91 Å². The Morgan fingerprint density at radius 1 is 1.27 bits per heavy atom. The minimum absolute atomic E-state index is 0.00115. The molecule has 1 heterocycles. The van der Waals surface area contributed by atoms with Crippen molar-refractivity contribution in [1.82, 2.24) is 0 Å². The molecule has 1 aliphatic rings. The summed E-state index contributed by atoms with van der Waals surface area (Å²) in [5, 5.41) is 2.96. The van der Waals surface area contributed by atoms with Crippen LogP contribution >= 0.6 is 0 Å². The summed E-state index contributed by atoms with van der Waals surface area (Å²) in [5.41, 5.74) is 9.82. The molecule has 1 amide bonds. The number of nitrogens with zero attached hydrogens (tertiary/aromatic N) is 1. The van der Waals surface area contributed by atoms with E-state index in [1.165, 1.54) is 30.5 Å². The first kappa shape index (κ1) is 16.7. The molecule has 1 saturated heterocycles. The van der Waals surface area contributed by atoms with Crippen molar-refractivity contribution in [1.29, 1.82) is 0 Å². The lowest BCUT2D eigenvalue weighted by molar-refractivity contribution is -0.118. The number of nitrogens with one attached hydrogen (secondary N) is 1. The summed E-state index contributed by atoms with van der Waals surface area (Å²) in [5.74, 6) is -0.0572. The maximum absolute atomic E-state index is 12.0. The van der Waals surface area contributed by atoms with Gasteiger partial charge in [-0.05, 0) is 57.7 Å². The lowest BCUT2D eigenvalue weighted by Gasteiger charge is -2.42. The monoisotopic (exact) mass is 303 g/mol. The van der Waals surface area contributed by atoms with E-state index in [0.717, 1.165) is 5.69 Å². The predicted molar refractivity (Wildman–Crippen MR) is 94.3 cm³/mol. The van der Waals surface area contributed by atoms with Crippen molar-refractivity contribution >= 4 is 23.0 Å². The summed E-state index contributed by atoms with van der Waals surface area (Å²) in [6, 6.07) is 5.04. The number of hydrogen-bond acceptors (Lipinski definition) is 3. The molecular formula is C18H29N3O. The van der Waals surface area contributed by atoms with E-state index in [1.54, 1.807) is 0 Å². The lowest BCUT2D eigenvalue weighted by atomic mass is 9.95. The molecule has 4 nitrogen and oxygen atoms in total. The van der Waals surface area contributed by atoms with Gasteiger partial charge in [0.05, 0.1) is 11.4 Å². The summed E-state index contributed by atoms with van der Waals surface area (Å²) in [6.45, 7) is 10.4. The number of carbonyl (C=O) groups excluding carboxylic acids is 1. The first-order chi connectivity index (χ1) is 10.3. The number of piperidine rings is 1. The molecule has 2 atom stereocenters. The SMILES string of the molecule is Cc1cc(N)c(NC(=O)C(C)C)cc1N1C(C)CCCC1C. The second-order valence-electron chi connectivity index (χ2n) is 6.91. The van der Waals surface area contributed by atoms with Crippen LogP contribution in [0.25, 0.3) is 0 Å². The molecule has 0 aromatic heterocycles. The normalized spacial score (nSPS) is 22.0. The Hall–Kier alpha value is -1.71. The largest absolute Gasteiger partial charge is 0.397 e. The highest BCUT2D eigenvalue weighted by Crippen LogP contribution is 2.35. The van der Waals surface area contributed by atoms with Crippen LogP contribution in [0.15, 0.2) is 12.1 Å². The van der Waals surface area contributed by atoms with Crippen LogP contribution in [0.5, 0.6) is 0 Å². The second-order valence-corrected chi connectivity index (χ2v) is 6.91. The molecule has 1 fully saturated rings. The number of aryl methyl sites for hydroxylation is 1. The zero-order chi connectivity index (χ0) is 16.4. The van der Waals surface area contributed by atoms with Crippen molar-refractivity contribution in [2.75, 3.05) is 16.0 Å². The molecule has 2 rings (SSSR count). The molecule has 122 valence electrons. The average molecular weight is 303 g/mol. The van der Waals surface area contributed by atoms with Crippen molar-refractivity contribution in [2.45, 2.75) is 66.0 Å². The van der Waals surface area contributed by atoms with E-state index in [0.29, 0.717) is 17.8 Å². The van der Waals surface area contributed by atoms with Crippen LogP contribution in [0.1, 0.15) is 52.5 Å². The highest BCUT2D eigenvalue weighted by atomic mass is 16.1. The van der Waals surface area contributed by atoms with Gasteiger partial charge < -0.3 is 16.0 Å². The fraction of sp³-hybridized carbons (Fsp3) is 0.611. The molecule has 0 spiro atoms. The molecule has 4 heteroatoms. The van der Waals surface area contributed by atoms with Gasteiger partial charge in [-0.2, -0.15) is 0 Å². The quantitative estimate of drug-likeness (QED) is 0.832. The number of nitrogen functional groups attached to an aromatic ring is 1. The summed E-state index contributed by atoms with van der Waals surface area (Å²) in [7, 11) is 0. The van der Waals surface area contributed by atoms with Gasteiger partial charge in [-0.25, -0.2) is 0 Å². The third-order valence-electron chi connectivity index (χ3n) is 4.62. The van der Waals surface area contributed by atoms with Crippen molar-refractivity contribution in [3.05, 3.63) is 17.7 Å². The van der Waals surface area contributed by atoms with E-state index in [4.69, 9.17) is 5.73 Å². The highest BCUT2D eigenvalue weighted by molar-refractivity contribution is 5.96. The Morgan fingerprint density at radius 3 is 2.41 bits per heavy atom.